The molecular weight excluding hydrogens is 422 g/mol. The third kappa shape index (κ3) is 6.75. The number of carbonyl (C=O) groups is 2. The van der Waals surface area contributed by atoms with E-state index in [2.05, 4.69) is 4.99 Å². The van der Waals surface area contributed by atoms with Crippen LogP contribution in [0.25, 0.3) is 0 Å². The van der Waals surface area contributed by atoms with Crippen molar-refractivity contribution in [2.45, 2.75) is 78.4 Å². The molecule has 0 bridgehead atoms. The van der Waals surface area contributed by atoms with Crippen molar-refractivity contribution < 1.29 is 28.6 Å². The van der Waals surface area contributed by atoms with Crippen LogP contribution in [0.15, 0.2) is 29.3 Å². The van der Waals surface area contributed by atoms with E-state index >= 15 is 0 Å². The topological polar surface area (TPSA) is 94.6 Å². The summed E-state index contributed by atoms with van der Waals surface area (Å²) in [6.07, 6.45) is 2.95. The predicted octanol–water partition coefficient (Wildman–Crippen LogP) is 4.68. The highest BCUT2D eigenvalue weighted by Crippen LogP contribution is 2.44. The normalized spacial score (nSPS) is 19.9. The van der Waals surface area contributed by atoms with Crippen molar-refractivity contribution in [2.24, 2.45) is 15.8 Å². The highest BCUT2D eigenvalue weighted by Gasteiger charge is 2.46. The minimum atomic E-state index is -0.902. The van der Waals surface area contributed by atoms with Crippen LogP contribution in [0.1, 0.15) is 77.8 Å². The molecule has 33 heavy (non-hydrogen) atoms. The molecule has 0 radical (unpaired) electrons. The maximum absolute atomic E-state index is 13.0. The Bertz CT molecular complexity index is 902. The van der Waals surface area contributed by atoms with Gasteiger partial charge in [0.25, 0.3) is 0 Å². The van der Waals surface area contributed by atoms with E-state index in [1.54, 1.807) is 6.08 Å². The summed E-state index contributed by atoms with van der Waals surface area (Å²) in [5.41, 5.74) is -0.526. The van der Waals surface area contributed by atoms with Crippen molar-refractivity contribution >= 4 is 18.0 Å². The number of carbonyl (C=O) groups excluding carboxylic acids is 3. The molecule has 1 saturated heterocycles. The van der Waals surface area contributed by atoms with Gasteiger partial charge in [-0.2, -0.15) is 4.99 Å². The first-order valence-electron chi connectivity index (χ1n) is 11.5. The second kappa shape index (κ2) is 10.6. The Hall–Kier alpha value is -2.50. The number of rotatable bonds is 12. The van der Waals surface area contributed by atoms with Crippen LogP contribution in [0, 0.1) is 10.8 Å². The number of epoxide rings is 1. The quantitative estimate of drug-likeness (QED) is 0.195. The average Bonchev–Trinajstić information content (AvgIpc) is 3.61. The molecule has 1 aromatic rings. The molecule has 1 fully saturated rings. The maximum Gasteiger partial charge on any atom is 0.311 e. The van der Waals surface area contributed by atoms with E-state index < -0.39 is 16.4 Å². The van der Waals surface area contributed by atoms with Crippen LogP contribution in [0.4, 0.5) is 0 Å². The monoisotopic (exact) mass is 459 g/mol. The average molecular weight is 460 g/mol. The van der Waals surface area contributed by atoms with Crippen LogP contribution < -0.4 is 0 Å². The van der Waals surface area contributed by atoms with E-state index in [4.69, 9.17) is 14.2 Å². The largest absolute Gasteiger partial charge is 0.469 e. The molecule has 7 nitrogen and oxygen atoms in total. The SMILES string of the molecule is CCC(C)(CC(C)(CC(C)c1cccc(C(C)(C)N=C=O)c1)C(=O)OC)C(=O)OCC1CO1. The molecule has 7 heteroatoms. The Balaban J connectivity index is 2.27. The van der Waals surface area contributed by atoms with Gasteiger partial charge in [-0.05, 0) is 64.0 Å². The van der Waals surface area contributed by atoms with Gasteiger partial charge in [0.05, 0.1) is 30.1 Å². The van der Waals surface area contributed by atoms with Crippen LogP contribution in [0.5, 0.6) is 0 Å². The zero-order chi connectivity index (χ0) is 24.9. The number of aliphatic imine (C=N–C) groups is 1. The lowest BCUT2D eigenvalue weighted by Crippen LogP contribution is -2.41. The van der Waals surface area contributed by atoms with E-state index in [0.717, 1.165) is 11.1 Å². The molecule has 4 unspecified atom stereocenters. The summed E-state index contributed by atoms with van der Waals surface area (Å²) in [6, 6.07) is 7.85. The van der Waals surface area contributed by atoms with Crippen molar-refractivity contribution in [3.63, 3.8) is 0 Å². The molecule has 2 rings (SSSR count). The Kier molecular flexibility index (Phi) is 8.61. The van der Waals surface area contributed by atoms with Crippen LogP contribution in [0.2, 0.25) is 0 Å². The maximum atomic E-state index is 13.0. The molecule has 182 valence electrons. The number of hydrogen-bond acceptors (Lipinski definition) is 7. The summed E-state index contributed by atoms with van der Waals surface area (Å²) in [6.45, 7) is 12.2. The lowest BCUT2D eigenvalue weighted by atomic mass is 9.67. The van der Waals surface area contributed by atoms with Gasteiger partial charge in [-0.3, -0.25) is 9.59 Å². The van der Waals surface area contributed by atoms with Crippen molar-refractivity contribution in [3.8, 4) is 0 Å². The van der Waals surface area contributed by atoms with Crippen molar-refractivity contribution in [2.75, 3.05) is 20.3 Å². The lowest BCUT2D eigenvalue weighted by Gasteiger charge is -2.37. The zero-order valence-corrected chi connectivity index (χ0v) is 20.9. The zero-order valence-electron chi connectivity index (χ0n) is 20.9. The van der Waals surface area contributed by atoms with Gasteiger partial charge in [0.1, 0.15) is 12.7 Å². The molecule has 0 spiro atoms. The van der Waals surface area contributed by atoms with E-state index in [1.807, 2.05) is 65.8 Å². The first kappa shape index (κ1) is 26.7. The molecule has 1 aromatic carbocycles. The Morgan fingerprint density at radius 2 is 1.88 bits per heavy atom. The number of nitrogens with zero attached hydrogens (tertiary/aromatic N) is 1. The smallest absolute Gasteiger partial charge is 0.311 e. The third-order valence-electron chi connectivity index (χ3n) is 6.78. The number of methoxy groups -OCH3 is 1. The fourth-order valence-electron chi connectivity index (χ4n) is 4.38. The first-order chi connectivity index (χ1) is 15.4. The molecular formula is C26H37NO6. The number of ether oxygens (including phenoxy) is 3. The van der Waals surface area contributed by atoms with E-state index in [9.17, 15) is 14.4 Å². The van der Waals surface area contributed by atoms with Crippen LogP contribution in [0.3, 0.4) is 0 Å². The van der Waals surface area contributed by atoms with Crippen molar-refractivity contribution in [1.82, 2.24) is 0 Å². The molecule has 4 atom stereocenters. The molecule has 0 N–H and O–H groups in total. The second-order valence-corrected chi connectivity index (χ2v) is 10.2. The van der Waals surface area contributed by atoms with Gasteiger partial charge in [-0.25, -0.2) is 4.79 Å². The van der Waals surface area contributed by atoms with Gasteiger partial charge in [0.15, 0.2) is 0 Å². The third-order valence-corrected chi connectivity index (χ3v) is 6.78. The molecule has 1 aliphatic rings. The van der Waals surface area contributed by atoms with Gasteiger partial charge in [0, 0.05) is 0 Å². The minimum Gasteiger partial charge on any atom is -0.469 e. The van der Waals surface area contributed by atoms with Gasteiger partial charge in [-0.15, -0.1) is 0 Å². The molecule has 0 amide bonds. The van der Waals surface area contributed by atoms with E-state index in [1.165, 1.54) is 7.11 Å². The number of hydrogen-bond donors (Lipinski definition) is 0. The summed E-state index contributed by atoms with van der Waals surface area (Å²) in [4.78, 5) is 40.6. The summed E-state index contributed by atoms with van der Waals surface area (Å²) < 4.78 is 15.8. The van der Waals surface area contributed by atoms with Gasteiger partial charge < -0.3 is 14.2 Å². The van der Waals surface area contributed by atoms with Gasteiger partial charge in [0.2, 0.25) is 6.08 Å². The molecule has 1 heterocycles. The number of esters is 2. The highest BCUT2D eigenvalue weighted by atomic mass is 16.6. The standard InChI is InChI=1S/C26H37NO6/c1-8-25(5,23(30)33-15-21-14-32-21)16-26(6,22(29)31-7)13-18(2)19-10-9-11-20(12-19)24(3,4)27-17-28/h9-12,18,21H,8,13-16H2,1-7H3. The Morgan fingerprint density at radius 3 is 2.42 bits per heavy atom. The highest BCUT2D eigenvalue weighted by molar-refractivity contribution is 5.80. The summed E-state index contributed by atoms with van der Waals surface area (Å²) in [7, 11) is 1.37. The van der Waals surface area contributed by atoms with Crippen molar-refractivity contribution in [3.05, 3.63) is 35.4 Å². The van der Waals surface area contributed by atoms with Crippen LogP contribution in [-0.2, 0) is 34.1 Å². The molecule has 0 aliphatic carbocycles. The van der Waals surface area contributed by atoms with Gasteiger partial charge in [-0.1, -0.05) is 38.1 Å². The van der Waals surface area contributed by atoms with E-state index in [0.29, 0.717) is 25.9 Å². The fourth-order valence-corrected chi connectivity index (χ4v) is 4.38. The van der Waals surface area contributed by atoms with Crippen LogP contribution >= 0.6 is 0 Å². The lowest BCUT2D eigenvalue weighted by molar-refractivity contribution is -0.163. The number of benzene rings is 1. The number of isocyanates is 1. The molecule has 0 aromatic heterocycles. The van der Waals surface area contributed by atoms with Gasteiger partial charge >= 0.3 is 11.9 Å². The summed E-state index contributed by atoms with van der Waals surface area (Å²) >= 11 is 0. The van der Waals surface area contributed by atoms with E-state index in [-0.39, 0.29) is 30.6 Å². The summed E-state index contributed by atoms with van der Waals surface area (Å²) in [5.74, 6) is -0.685. The predicted molar refractivity (Wildman–Crippen MR) is 124 cm³/mol. The minimum absolute atomic E-state index is 0.0119. The Labute approximate surface area is 196 Å². The Morgan fingerprint density at radius 1 is 1.21 bits per heavy atom. The summed E-state index contributed by atoms with van der Waals surface area (Å²) in [5, 5.41) is 0. The molecule has 1 aliphatic heterocycles. The fraction of sp³-hybridized carbons (Fsp3) is 0.654. The first-order valence-corrected chi connectivity index (χ1v) is 11.5. The van der Waals surface area contributed by atoms with Crippen molar-refractivity contribution in [1.29, 1.82) is 0 Å². The molecule has 0 saturated carbocycles. The second-order valence-electron chi connectivity index (χ2n) is 10.2. The van der Waals surface area contributed by atoms with Crippen LogP contribution in [-0.4, -0.2) is 44.4 Å².